The van der Waals surface area contributed by atoms with E-state index in [2.05, 4.69) is 19.2 Å². The second kappa shape index (κ2) is 7.24. The predicted octanol–water partition coefficient (Wildman–Crippen LogP) is 2.97. The van der Waals surface area contributed by atoms with Gasteiger partial charge in [-0.25, -0.2) is 0 Å². The molecule has 1 aliphatic carbocycles. The van der Waals surface area contributed by atoms with E-state index >= 15 is 0 Å². The number of nitrogens with one attached hydrogen (secondary N) is 1. The normalized spacial score (nSPS) is 20.2. The van der Waals surface area contributed by atoms with Crippen LogP contribution in [0.2, 0.25) is 0 Å². The van der Waals surface area contributed by atoms with E-state index < -0.39 is 0 Å². The fourth-order valence-corrected chi connectivity index (χ4v) is 2.14. The van der Waals surface area contributed by atoms with Crippen molar-refractivity contribution in [2.24, 2.45) is 5.92 Å². The number of ether oxygens (including phenoxy) is 1. The van der Waals surface area contributed by atoms with Crippen LogP contribution in [0, 0.1) is 5.92 Å². The van der Waals surface area contributed by atoms with Crippen LogP contribution in [0.25, 0.3) is 0 Å². The summed E-state index contributed by atoms with van der Waals surface area (Å²) in [6.07, 6.45) is 8.13. The molecule has 1 rings (SSSR count). The van der Waals surface area contributed by atoms with Gasteiger partial charge in [0.05, 0.1) is 6.10 Å². The SMILES string of the molecule is CCCC(NC)C(CC)OCCC1CC1. The van der Waals surface area contributed by atoms with Gasteiger partial charge in [0.2, 0.25) is 0 Å². The first kappa shape index (κ1) is 13.0. The van der Waals surface area contributed by atoms with Crippen LogP contribution in [0.1, 0.15) is 52.4 Å². The van der Waals surface area contributed by atoms with Gasteiger partial charge in [0.15, 0.2) is 0 Å². The Bertz CT molecular complexity index is 157. The molecule has 15 heavy (non-hydrogen) atoms. The van der Waals surface area contributed by atoms with Gasteiger partial charge in [-0.3, -0.25) is 0 Å². The van der Waals surface area contributed by atoms with E-state index in [4.69, 9.17) is 4.74 Å². The molecular weight excluding hydrogens is 186 g/mol. The highest BCUT2D eigenvalue weighted by Gasteiger charge is 2.22. The highest BCUT2D eigenvalue weighted by molar-refractivity contribution is 4.76. The Morgan fingerprint density at radius 3 is 2.53 bits per heavy atom. The van der Waals surface area contributed by atoms with Gasteiger partial charge in [-0.1, -0.05) is 33.1 Å². The highest BCUT2D eigenvalue weighted by Crippen LogP contribution is 2.32. The van der Waals surface area contributed by atoms with E-state index in [1.54, 1.807) is 0 Å². The van der Waals surface area contributed by atoms with E-state index in [1.165, 1.54) is 32.1 Å². The molecule has 0 radical (unpaired) electrons. The van der Waals surface area contributed by atoms with Gasteiger partial charge in [-0.15, -0.1) is 0 Å². The van der Waals surface area contributed by atoms with Gasteiger partial charge in [0.25, 0.3) is 0 Å². The smallest absolute Gasteiger partial charge is 0.0725 e. The van der Waals surface area contributed by atoms with Crippen LogP contribution < -0.4 is 5.32 Å². The van der Waals surface area contributed by atoms with Crippen LogP contribution in [0.3, 0.4) is 0 Å². The minimum Gasteiger partial charge on any atom is -0.377 e. The fraction of sp³-hybridized carbons (Fsp3) is 1.00. The van der Waals surface area contributed by atoms with Crippen molar-refractivity contribution in [2.45, 2.75) is 64.5 Å². The topological polar surface area (TPSA) is 21.3 Å². The molecule has 0 saturated heterocycles. The molecule has 0 spiro atoms. The molecule has 0 bridgehead atoms. The molecule has 2 nitrogen and oxygen atoms in total. The molecule has 0 amide bonds. The Labute approximate surface area is 94.8 Å². The summed E-state index contributed by atoms with van der Waals surface area (Å²) in [5, 5.41) is 3.38. The van der Waals surface area contributed by atoms with Gasteiger partial charge in [-0.05, 0) is 32.2 Å². The summed E-state index contributed by atoms with van der Waals surface area (Å²) in [6.45, 7) is 5.42. The summed E-state index contributed by atoms with van der Waals surface area (Å²) in [4.78, 5) is 0. The van der Waals surface area contributed by atoms with Crippen molar-refractivity contribution in [3.63, 3.8) is 0 Å². The number of hydrogen-bond donors (Lipinski definition) is 1. The largest absolute Gasteiger partial charge is 0.377 e. The third-order valence-electron chi connectivity index (χ3n) is 3.38. The Morgan fingerprint density at radius 2 is 2.07 bits per heavy atom. The van der Waals surface area contributed by atoms with Gasteiger partial charge in [0.1, 0.15) is 0 Å². The lowest BCUT2D eigenvalue weighted by atomic mass is 10.0. The second-order valence-electron chi connectivity index (χ2n) is 4.73. The molecule has 0 aromatic rings. The van der Waals surface area contributed by atoms with Crippen LogP contribution in [0.15, 0.2) is 0 Å². The summed E-state index contributed by atoms with van der Waals surface area (Å²) in [5.41, 5.74) is 0. The molecule has 1 aliphatic rings. The van der Waals surface area contributed by atoms with E-state index in [0.717, 1.165) is 18.9 Å². The van der Waals surface area contributed by atoms with Gasteiger partial charge >= 0.3 is 0 Å². The molecular formula is C13H27NO. The highest BCUT2D eigenvalue weighted by atomic mass is 16.5. The van der Waals surface area contributed by atoms with Crippen LogP contribution in [0.4, 0.5) is 0 Å². The lowest BCUT2D eigenvalue weighted by Crippen LogP contribution is -2.39. The van der Waals surface area contributed by atoms with E-state index in [-0.39, 0.29) is 0 Å². The summed E-state index contributed by atoms with van der Waals surface area (Å²) < 4.78 is 5.99. The number of rotatable bonds is 9. The zero-order chi connectivity index (χ0) is 11.1. The Morgan fingerprint density at radius 1 is 1.33 bits per heavy atom. The predicted molar refractivity (Wildman–Crippen MR) is 65.1 cm³/mol. The first-order chi connectivity index (χ1) is 7.31. The van der Waals surface area contributed by atoms with Crippen LogP contribution in [-0.4, -0.2) is 25.8 Å². The second-order valence-corrected chi connectivity index (χ2v) is 4.73. The third kappa shape index (κ3) is 4.98. The average Bonchev–Trinajstić information content (AvgIpc) is 3.06. The van der Waals surface area contributed by atoms with Crippen molar-refractivity contribution < 1.29 is 4.74 Å². The van der Waals surface area contributed by atoms with Crippen molar-refractivity contribution in [2.75, 3.05) is 13.7 Å². The molecule has 0 aromatic heterocycles. The molecule has 2 heteroatoms. The first-order valence-electron chi connectivity index (χ1n) is 6.60. The van der Waals surface area contributed by atoms with E-state index in [1.807, 2.05) is 7.05 Å². The minimum absolute atomic E-state index is 0.411. The maximum absolute atomic E-state index is 5.99. The van der Waals surface area contributed by atoms with Crippen LogP contribution >= 0.6 is 0 Å². The van der Waals surface area contributed by atoms with E-state index in [0.29, 0.717) is 12.1 Å². The summed E-state index contributed by atoms with van der Waals surface area (Å²) in [6, 6.07) is 0.541. The van der Waals surface area contributed by atoms with Crippen LogP contribution in [-0.2, 0) is 4.74 Å². The zero-order valence-corrected chi connectivity index (χ0v) is 10.6. The molecule has 1 saturated carbocycles. The van der Waals surface area contributed by atoms with Crippen molar-refractivity contribution >= 4 is 0 Å². The van der Waals surface area contributed by atoms with Crippen molar-refractivity contribution in [3.8, 4) is 0 Å². The van der Waals surface area contributed by atoms with Gasteiger partial charge in [-0.2, -0.15) is 0 Å². The Balaban J connectivity index is 2.17. The number of hydrogen-bond acceptors (Lipinski definition) is 2. The van der Waals surface area contributed by atoms with E-state index in [9.17, 15) is 0 Å². The lowest BCUT2D eigenvalue weighted by molar-refractivity contribution is 0.0202. The van der Waals surface area contributed by atoms with Crippen molar-refractivity contribution in [1.82, 2.24) is 5.32 Å². The average molecular weight is 213 g/mol. The van der Waals surface area contributed by atoms with Gasteiger partial charge in [0, 0.05) is 12.6 Å². The van der Waals surface area contributed by atoms with Gasteiger partial charge < -0.3 is 10.1 Å². The monoisotopic (exact) mass is 213 g/mol. The maximum atomic E-state index is 5.99. The minimum atomic E-state index is 0.411. The maximum Gasteiger partial charge on any atom is 0.0725 e. The Kier molecular flexibility index (Phi) is 6.26. The van der Waals surface area contributed by atoms with Crippen LogP contribution in [0.5, 0.6) is 0 Å². The molecule has 90 valence electrons. The molecule has 0 aromatic carbocycles. The summed E-state index contributed by atoms with van der Waals surface area (Å²) >= 11 is 0. The molecule has 2 unspecified atom stereocenters. The summed E-state index contributed by atoms with van der Waals surface area (Å²) in [7, 11) is 2.05. The molecule has 0 heterocycles. The Hall–Kier alpha value is -0.0800. The molecule has 2 atom stereocenters. The molecule has 1 fully saturated rings. The first-order valence-corrected chi connectivity index (χ1v) is 6.60. The van der Waals surface area contributed by atoms with Crippen molar-refractivity contribution in [1.29, 1.82) is 0 Å². The lowest BCUT2D eigenvalue weighted by Gasteiger charge is -2.26. The fourth-order valence-electron chi connectivity index (χ4n) is 2.14. The quantitative estimate of drug-likeness (QED) is 0.636. The zero-order valence-electron chi connectivity index (χ0n) is 10.6. The number of likely N-dealkylation sites (N-methyl/N-ethyl adjacent to an activating group) is 1. The molecule has 1 N–H and O–H groups in total. The molecule has 0 aliphatic heterocycles. The summed E-state index contributed by atoms with van der Waals surface area (Å²) in [5.74, 6) is 0.988. The standard InChI is InChI=1S/C13H27NO/c1-4-6-12(14-3)13(5-2)15-10-9-11-7-8-11/h11-14H,4-10H2,1-3H3. The van der Waals surface area contributed by atoms with Crippen molar-refractivity contribution in [3.05, 3.63) is 0 Å². The third-order valence-corrected chi connectivity index (χ3v) is 3.38.